The van der Waals surface area contributed by atoms with Crippen LogP contribution in [0.4, 0.5) is 0 Å². The summed E-state index contributed by atoms with van der Waals surface area (Å²) in [5, 5.41) is 3.02. The Morgan fingerprint density at radius 2 is 0.784 bits per heavy atom. The number of rotatable bonds is 58. The van der Waals surface area contributed by atoms with Gasteiger partial charge in [0, 0.05) is 12.8 Å². The van der Waals surface area contributed by atoms with Gasteiger partial charge in [0.2, 0.25) is 5.91 Å². The summed E-state index contributed by atoms with van der Waals surface area (Å²) in [5.41, 5.74) is 0. The van der Waals surface area contributed by atoms with Crippen LogP contribution in [0.3, 0.4) is 0 Å². The van der Waals surface area contributed by atoms with Crippen LogP contribution in [-0.4, -0.2) is 69.4 Å². The minimum Gasteiger partial charge on any atom is -0.756 e. The molecule has 0 spiro atoms. The number of ether oxygens (including phenoxy) is 1. The number of carbonyl (C=O) groups is 2. The first kappa shape index (κ1) is 72.2. The molecule has 0 aliphatic carbocycles. The van der Waals surface area contributed by atoms with Crippen LogP contribution in [0.5, 0.6) is 0 Å². The lowest BCUT2D eigenvalue weighted by Crippen LogP contribution is -2.47. The van der Waals surface area contributed by atoms with Gasteiger partial charge in [-0.3, -0.25) is 14.2 Å². The molecule has 0 aromatic heterocycles. The standard InChI is InChI=1S/C64H123N2O7P/c1-7-10-13-16-19-22-25-28-30-31-32-33-34-35-36-39-42-45-48-51-54-57-64(68)73-62(55-52-49-46-43-40-37-27-24-21-18-15-12-9-3)61(60-72-74(69,70)71-59-58-66(4,5)6)65-63(67)56-53-50-47-44-41-38-29-26-23-20-17-14-11-8-2/h28,30,38,41,52,55,61-62H,7-27,29,31-37,39-40,42-51,53-54,56-60H2,1-6H3,(H-,65,67,69,70)/b30-28+,41-38-,55-52-. The molecule has 436 valence electrons. The van der Waals surface area contributed by atoms with Gasteiger partial charge in [0.05, 0.1) is 33.8 Å². The second kappa shape index (κ2) is 54.6. The Bertz CT molecular complexity index is 1360. The van der Waals surface area contributed by atoms with E-state index in [1.54, 1.807) is 0 Å². The molecule has 0 rings (SSSR count). The molecule has 10 heteroatoms. The number of unbranched alkanes of at least 4 members (excludes halogenated alkanes) is 38. The maximum atomic E-state index is 13.5. The van der Waals surface area contributed by atoms with Crippen LogP contribution in [0.1, 0.15) is 310 Å². The Kier molecular flexibility index (Phi) is 53.3. The van der Waals surface area contributed by atoms with E-state index in [1.807, 2.05) is 33.3 Å². The Morgan fingerprint density at radius 3 is 1.16 bits per heavy atom. The molecule has 0 bridgehead atoms. The maximum absolute atomic E-state index is 13.5. The molecule has 3 unspecified atom stereocenters. The molecule has 0 aromatic rings. The quantitative estimate of drug-likeness (QED) is 0.0212. The minimum absolute atomic E-state index is 0.0232. The number of allylic oxidation sites excluding steroid dienone is 5. The monoisotopic (exact) mass is 1060 g/mol. The van der Waals surface area contributed by atoms with E-state index in [1.165, 1.54) is 205 Å². The Morgan fingerprint density at radius 1 is 0.459 bits per heavy atom. The summed E-state index contributed by atoms with van der Waals surface area (Å²) >= 11 is 0. The predicted octanol–water partition coefficient (Wildman–Crippen LogP) is 18.9. The highest BCUT2D eigenvalue weighted by molar-refractivity contribution is 7.45. The van der Waals surface area contributed by atoms with Crippen molar-refractivity contribution in [3.8, 4) is 0 Å². The average molecular weight is 1060 g/mol. The molecule has 0 fully saturated rings. The smallest absolute Gasteiger partial charge is 0.306 e. The molecule has 1 amide bonds. The fourth-order valence-corrected chi connectivity index (χ4v) is 10.1. The number of amides is 1. The van der Waals surface area contributed by atoms with Crippen molar-refractivity contribution in [3.05, 3.63) is 36.5 Å². The van der Waals surface area contributed by atoms with Crippen molar-refractivity contribution in [3.63, 3.8) is 0 Å². The van der Waals surface area contributed by atoms with Crippen LogP contribution in [0.2, 0.25) is 0 Å². The van der Waals surface area contributed by atoms with Crippen LogP contribution in [-0.2, 0) is 27.9 Å². The van der Waals surface area contributed by atoms with Crippen molar-refractivity contribution < 1.29 is 37.3 Å². The highest BCUT2D eigenvalue weighted by atomic mass is 31.2. The van der Waals surface area contributed by atoms with Gasteiger partial charge in [-0.1, -0.05) is 250 Å². The number of carbonyl (C=O) groups excluding carboxylic acids is 2. The van der Waals surface area contributed by atoms with Gasteiger partial charge in [0.25, 0.3) is 7.82 Å². The molecular weight excluding hydrogens is 940 g/mol. The van der Waals surface area contributed by atoms with Crippen LogP contribution in [0.15, 0.2) is 36.5 Å². The zero-order valence-electron chi connectivity index (χ0n) is 49.8. The van der Waals surface area contributed by atoms with E-state index in [0.29, 0.717) is 17.4 Å². The SMILES string of the molecule is CCCCCCCC/C=C/CCCCCCCCCCCCCC(=O)OC(/C=C\CCCCCCCCCCCCC)C(COP(=O)([O-])OCC[N+](C)(C)C)NC(=O)CCCCC/C=C\CCCCCCCCC. The largest absolute Gasteiger partial charge is 0.756 e. The Hall–Kier alpha value is -1.77. The number of hydrogen-bond donors (Lipinski definition) is 1. The second-order valence-electron chi connectivity index (χ2n) is 22.9. The summed E-state index contributed by atoms with van der Waals surface area (Å²) in [6.45, 7) is 6.86. The van der Waals surface area contributed by atoms with E-state index in [2.05, 4.69) is 50.4 Å². The van der Waals surface area contributed by atoms with Crippen molar-refractivity contribution in [2.45, 2.75) is 322 Å². The number of esters is 1. The average Bonchev–Trinajstić information content (AvgIpc) is 3.36. The summed E-state index contributed by atoms with van der Waals surface area (Å²) < 4.78 is 30.3. The number of phosphoric acid groups is 1. The van der Waals surface area contributed by atoms with Gasteiger partial charge in [0.1, 0.15) is 19.3 Å². The zero-order chi connectivity index (χ0) is 54.3. The van der Waals surface area contributed by atoms with Crippen LogP contribution < -0.4 is 10.2 Å². The molecule has 0 aliphatic rings. The maximum Gasteiger partial charge on any atom is 0.306 e. The first-order valence-corrected chi connectivity index (χ1v) is 33.3. The molecule has 0 saturated heterocycles. The molecule has 74 heavy (non-hydrogen) atoms. The summed E-state index contributed by atoms with van der Waals surface area (Å²) in [5.74, 6) is -0.548. The van der Waals surface area contributed by atoms with Gasteiger partial charge in [-0.05, 0) is 83.1 Å². The summed E-state index contributed by atoms with van der Waals surface area (Å²) in [6, 6.07) is -0.893. The van der Waals surface area contributed by atoms with E-state index in [4.69, 9.17) is 13.8 Å². The number of nitrogens with zero attached hydrogens (tertiary/aromatic N) is 1. The summed E-state index contributed by atoms with van der Waals surface area (Å²) in [4.78, 5) is 40.0. The fraction of sp³-hybridized carbons (Fsp3) is 0.875. The number of hydrogen-bond acceptors (Lipinski definition) is 7. The highest BCUT2D eigenvalue weighted by Crippen LogP contribution is 2.38. The number of phosphoric ester groups is 1. The Balaban J connectivity index is 5.22. The lowest BCUT2D eigenvalue weighted by atomic mass is 10.0. The first-order valence-electron chi connectivity index (χ1n) is 31.8. The van der Waals surface area contributed by atoms with E-state index in [9.17, 15) is 19.0 Å². The van der Waals surface area contributed by atoms with Crippen molar-refractivity contribution >= 4 is 19.7 Å². The molecule has 0 aromatic carbocycles. The third-order valence-corrected chi connectivity index (χ3v) is 15.3. The topological polar surface area (TPSA) is 114 Å². The van der Waals surface area contributed by atoms with Gasteiger partial charge in [-0.25, -0.2) is 0 Å². The molecule has 3 atom stereocenters. The number of quaternary nitrogens is 1. The lowest BCUT2D eigenvalue weighted by molar-refractivity contribution is -0.870. The number of nitrogens with one attached hydrogen (secondary N) is 1. The third-order valence-electron chi connectivity index (χ3n) is 14.3. The van der Waals surface area contributed by atoms with Gasteiger partial charge in [0.15, 0.2) is 0 Å². The molecular formula is C64H123N2O7P. The molecule has 0 heterocycles. The van der Waals surface area contributed by atoms with Crippen molar-refractivity contribution in [2.75, 3.05) is 40.9 Å². The van der Waals surface area contributed by atoms with Crippen molar-refractivity contribution in [1.29, 1.82) is 0 Å². The van der Waals surface area contributed by atoms with E-state index in [-0.39, 0.29) is 24.9 Å². The lowest BCUT2D eigenvalue weighted by Gasteiger charge is -2.30. The Labute approximate surface area is 459 Å². The normalized spacial score (nSPS) is 13.9. The van der Waals surface area contributed by atoms with E-state index in [0.717, 1.165) is 70.6 Å². The summed E-state index contributed by atoms with van der Waals surface area (Å²) in [7, 11) is 1.19. The molecule has 9 nitrogen and oxygen atoms in total. The van der Waals surface area contributed by atoms with Crippen LogP contribution in [0, 0.1) is 0 Å². The highest BCUT2D eigenvalue weighted by Gasteiger charge is 2.27. The molecule has 0 saturated carbocycles. The molecule has 1 N–H and O–H groups in total. The van der Waals surface area contributed by atoms with Crippen molar-refractivity contribution in [1.82, 2.24) is 5.32 Å². The van der Waals surface area contributed by atoms with Crippen LogP contribution >= 0.6 is 7.82 Å². The molecule has 0 radical (unpaired) electrons. The minimum atomic E-state index is -4.70. The number of likely N-dealkylation sites (N-methyl/N-ethyl adjacent to an activating group) is 1. The first-order chi connectivity index (χ1) is 35.9. The summed E-state index contributed by atoms with van der Waals surface area (Å²) in [6.07, 6.45) is 65.4. The van der Waals surface area contributed by atoms with Gasteiger partial charge in [-0.15, -0.1) is 0 Å². The van der Waals surface area contributed by atoms with Gasteiger partial charge >= 0.3 is 5.97 Å². The third kappa shape index (κ3) is 55.0. The van der Waals surface area contributed by atoms with E-state index < -0.39 is 26.6 Å². The van der Waals surface area contributed by atoms with Gasteiger partial charge in [-0.2, -0.15) is 0 Å². The van der Waals surface area contributed by atoms with Gasteiger partial charge < -0.3 is 28.5 Å². The predicted molar refractivity (Wildman–Crippen MR) is 316 cm³/mol. The van der Waals surface area contributed by atoms with Crippen molar-refractivity contribution in [2.24, 2.45) is 0 Å². The second-order valence-corrected chi connectivity index (χ2v) is 24.3. The van der Waals surface area contributed by atoms with Crippen LogP contribution in [0.25, 0.3) is 0 Å². The van der Waals surface area contributed by atoms with E-state index >= 15 is 0 Å². The molecule has 0 aliphatic heterocycles. The zero-order valence-corrected chi connectivity index (χ0v) is 50.7. The fourth-order valence-electron chi connectivity index (χ4n) is 9.34.